The summed E-state index contributed by atoms with van der Waals surface area (Å²) in [7, 11) is 0. The van der Waals surface area contributed by atoms with E-state index in [4.69, 9.17) is 4.74 Å². The van der Waals surface area contributed by atoms with Gasteiger partial charge in [0, 0.05) is 19.0 Å². The lowest BCUT2D eigenvalue weighted by molar-refractivity contribution is -0.137. The molecule has 0 aliphatic carbocycles. The van der Waals surface area contributed by atoms with Gasteiger partial charge in [0.2, 0.25) is 5.91 Å². The van der Waals surface area contributed by atoms with E-state index >= 15 is 0 Å². The summed E-state index contributed by atoms with van der Waals surface area (Å²) in [6, 6.07) is 10.3. The van der Waals surface area contributed by atoms with Crippen LogP contribution in [0.3, 0.4) is 0 Å². The second kappa shape index (κ2) is 9.16. The normalized spacial score (nSPS) is 11.0. The molecule has 1 amide bonds. The molecule has 0 bridgehead atoms. The summed E-state index contributed by atoms with van der Waals surface area (Å²) in [5.74, 6) is -1.62. The van der Waals surface area contributed by atoms with Gasteiger partial charge < -0.3 is 10.1 Å². The Morgan fingerprint density at radius 1 is 1.00 bits per heavy atom. The Bertz CT molecular complexity index is 860. The van der Waals surface area contributed by atoms with E-state index in [-0.39, 0.29) is 11.5 Å². The highest BCUT2D eigenvalue weighted by molar-refractivity contribution is 5.99. The summed E-state index contributed by atoms with van der Waals surface area (Å²) < 4.78 is 42.9. The van der Waals surface area contributed by atoms with E-state index in [1.54, 1.807) is 24.3 Å². The maximum Gasteiger partial charge on any atom is 0.416 e. The van der Waals surface area contributed by atoms with Crippen LogP contribution in [0.4, 0.5) is 13.2 Å². The van der Waals surface area contributed by atoms with Crippen LogP contribution in [0, 0.1) is 0 Å². The van der Waals surface area contributed by atoms with Crippen molar-refractivity contribution in [2.24, 2.45) is 0 Å². The van der Waals surface area contributed by atoms with Crippen molar-refractivity contribution >= 4 is 17.7 Å². The summed E-state index contributed by atoms with van der Waals surface area (Å²) in [5, 5.41) is 2.66. The van der Waals surface area contributed by atoms with Crippen molar-refractivity contribution in [1.82, 2.24) is 5.32 Å². The number of ketones is 1. The standard InChI is InChI=1S/C20H18F3NO4/c1-13(25)24-10-9-14-5-7-15(8-6-14)18(26)12-28-19(27)16-3-2-4-17(11-16)20(21,22)23/h2-8,11H,9-10,12H2,1H3,(H,24,25). The van der Waals surface area contributed by atoms with Crippen LogP contribution in [0.25, 0.3) is 0 Å². The number of rotatable bonds is 7. The molecule has 0 spiro atoms. The molecule has 5 nitrogen and oxygen atoms in total. The molecule has 0 unspecified atom stereocenters. The molecule has 2 aromatic rings. The van der Waals surface area contributed by atoms with E-state index in [2.05, 4.69) is 5.32 Å². The Morgan fingerprint density at radius 2 is 1.68 bits per heavy atom. The van der Waals surface area contributed by atoms with Crippen molar-refractivity contribution < 1.29 is 32.3 Å². The molecule has 1 N–H and O–H groups in total. The van der Waals surface area contributed by atoms with Crippen LogP contribution < -0.4 is 5.32 Å². The molecule has 0 fully saturated rings. The average molecular weight is 393 g/mol. The maximum absolute atomic E-state index is 12.7. The number of esters is 1. The van der Waals surface area contributed by atoms with Crippen LogP contribution in [-0.4, -0.2) is 30.8 Å². The topological polar surface area (TPSA) is 72.5 Å². The number of Topliss-reactive ketones (excluding diaryl/α,β-unsaturated/α-hetero) is 1. The fraction of sp³-hybridized carbons (Fsp3) is 0.250. The molecule has 0 aliphatic heterocycles. The first-order chi connectivity index (χ1) is 13.2. The lowest BCUT2D eigenvalue weighted by atomic mass is 10.1. The number of carbonyl (C=O) groups is 3. The molecule has 0 atom stereocenters. The zero-order valence-electron chi connectivity index (χ0n) is 15.0. The van der Waals surface area contributed by atoms with Crippen LogP contribution >= 0.6 is 0 Å². The van der Waals surface area contributed by atoms with Crippen LogP contribution in [0.2, 0.25) is 0 Å². The number of halogens is 3. The molecule has 2 rings (SSSR count). The third-order valence-electron chi connectivity index (χ3n) is 3.82. The Labute approximate surface area is 159 Å². The minimum Gasteiger partial charge on any atom is -0.454 e. The molecule has 0 aromatic heterocycles. The van der Waals surface area contributed by atoms with Gasteiger partial charge in [-0.15, -0.1) is 0 Å². The first-order valence-electron chi connectivity index (χ1n) is 8.38. The number of hydrogen-bond donors (Lipinski definition) is 1. The molecule has 0 aliphatic rings. The zero-order chi connectivity index (χ0) is 20.7. The number of nitrogens with one attached hydrogen (secondary N) is 1. The minimum atomic E-state index is -4.58. The summed E-state index contributed by atoms with van der Waals surface area (Å²) in [4.78, 5) is 34.8. The fourth-order valence-electron chi connectivity index (χ4n) is 2.36. The molecule has 148 valence electrons. The smallest absolute Gasteiger partial charge is 0.416 e. The first-order valence-corrected chi connectivity index (χ1v) is 8.38. The minimum absolute atomic E-state index is 0.130. The van der Waals surface area contributed by atoms with Crippen molar-refractivity contribution in [1.29, 1.82) is 0 Å². The lowest BCUT2D eigenvalue weighted by Crippen LogP contribution is -2.22. The Morgan fingerprint density at radius 3 is 2.29 bits per heavy atom. The lowest BCUT2D eigenvalue weighted by Gasteiger charge is -2.09. The number of benzene rings is 2. The van der Waals surface area contributed by atoms with E-state index in [0.717, 1.165) is 17.7 Å². The Kier molecular flexibility index (Phi) is 6.92. The van der Waals surface area contributed by atoms with Gasteiger partial charge in [-0.2, -0.15) is 13.2 Å². The van der Waals surface area contributed by atoms with Gasteiger partial charge >= 0.3 is 12.1 Å². The van der Waals surface area contributed by atoms with Crippen molar-refractivity contribution in [3.63, 3.8) is 0 Å². The highest BCUT2D eigenvalue weighted by Gasteiger charge is 2.31. The van der Waals surface area contributed by atoms with E-state index in [1.807, 2.05) is 0 Å². The number of alkyl halides is 3. The SMILES string of the molecule is CC(=O)NCCc1ccc(C(=O)COC(=O)c2cccc(C(F)(F)F)c2)cc1. The van der Waals surface area contributed by atoms with Crippen molar-refractivity contribution in [3.05, 3.63) is 70.8 Å². The maximum atomic E-state index is 12.7. The number of hydrogen-bond acceptors (Lipinski definition) is 4. The monoisotopic (exact) mass is 393 g/mol. The Balaban J connectivity index is 1.91. The number of ether oxygens (including phenoxy) is 1. The number of carbonyl (C=O) groups excluding carboxylic acids is 3. The van der Waals surface area contributed by atoms with Crippen LogP contribution in [0.15, 0.2) is 48.5 Å². The predicted molar refractivity (Wildman–Crippen MR) is 94.9 cm³/mol. The molecule has 2 aromatic carbocycles. The number of amides is 1. The second-order valence-electron chi connectivity index (χ2n) is 6.01. The molecular formula is C20H18F3NO4. The molecule has 0 radical (unpaired) electrons. The quantitative estimate of drug-likeness (QED) is 0.578. The molecule has 0 saturated carbocycles. The van der Waals surface area contributed by atoms with Gasteiger partial charge in [0.15, 0.2) is 12.4 Å². The zero-order valence-corrected chi connectivity index (χ0v) is 15.0. The van der Waals surface area contributed by atoms with Gasteiger partial charge in [0.1, 0.15) is 0 Å². The third kappa shape index (κ3) is 6.22. The average Bonchev–Trinajstić information content (AvgIpc) is 2.65. The highest BCUT2D eigenvalue weighted by atomic mass is 19.4. The van der Waals surface area contributed by atoms with Gasteiger partial charge in [-0.3, -0.25) is 9.59 Å². The van der Waals surface area contributed by atoms with Gasteiger partial charge in [0.25, 0.3) is 0 Å². The van der Waals surface area contributed by atoms with E-state index in [1.165, 1.54) is 13.0 Å². The summed E-state index contributed by atoms with van der Waals surface area (Å²) >= 11 is 0. The third-order valence-corrected chi connectivity index (χ3v) is 3.82. The predicted octanol–water partition coefficient (Wildman–Crippen LogP) is 3.42. The van der Waals surface area contributed by atoms with Crippen LogP contribution in [0.5, 0.6) is 0 Å². The van der Waals surface area contributed by atoms with Crippen molar-refractivity contribution in [3.8, 4) is 0 Å². The molecular weight excluding hydrogens is 375 g/mol. The second-order valence-corrected chi connectivity index (χ2v) is 6.01. The van der Waals surface area contributed by atoms with Crippen LogP contribution in [0.1, 0.15) is 38.8 Å². The van der Waals surface area contributed by atoms with Gasteiger partial charge in [-0.05, 0) is 30.2 Å². The molecule has 8 heteroatoms. The van der Waals surface area contributed by atoms with Gasteiger partial charge in [-0.25, -0.2) is 4.79 Å². The summed E-state index contributed by atoms with van der Waals surface area (Å²) in [5.41, 5.74) is -0.0366. The van der Waals surface area contributed by atoms with Crippen LogP contribution in [-0.2, 0) is 22.1 Å². The van der Waals surface area contributed by atoms with Gasteiger partial charge in [-0.1, -0.05) is 30.3 Å². The Hall–Kier alpha value is -3.16. The van der Waals surface area contributed by atoms with E-state index < -0.39 is 30.1 Å². The largest absolute Gasteiger partial charge is 0.454 e. The highest BCUT2D eigenvalue weighted by Crippen LogP contribution is 2.29. The summed E-state index contributed by atoms with van der Waals surface area (Å²) in [6.45, 7) is 1.31. The molecule has 0 saturated heterocycles. The van der Waals surface area contributed by atoms with E-state index in [9.17, 15) is 27.6 Å². The molecule has 28 heavy (non-hydrogen) atoms. The van der Waals surface area contributed by atoms with Gasteiger partial charge in [0.05, 0.1) is 11.1 Å². The summed E-state index contributed by atoms with van der Waals surface area (Å²) in [6.07, 6.45) is -3.98. The van der Waals surface area contributed by atoms with Crippen molar-refractivity contribution in [2.75, 3.05) is 13.2 Å². The molecule has 0 heterocycles. The van der Waals surface area contributed by atoms with E-state index in [0.29, 0.717) is 24.6 Å². The fourth-order valence-corrected chi connectivity index (χ4v) is 2.36. The van der Waals surface area contributed by atoms with Crippen molar-refractivity contribution in [2.45, 2.75) is 19.5 Å². The first kappa shape index (κ1) is 21.1.